The highest BCUT2D eigenvalue weighted by Gasteiger charge is 2.18. The van der Waals surface area contributed by atoms with Crippen molar-refractivity contribution in [3.8, 4) is 11.1 Å². The zero-order valence-corrected chi connectivity index (χ0v) is 13.3. The van der Waals surface area contributed by atoms with E-state index in [1.807, 2.05) is 31.2 Å². The summed E-state index contributed by atoms with van der Waals surface area (Å²) >= 11 is 0. The lowest BCUT2D eigenvalue weighted by molar-refractivity contribution is 0.0996. The van der Waals surface area contributed by atoms with Crippen molar-refractivity contribution >= 4 is 12.0 Å². The van der Waals surface area contributed by atoms with Crippen LogP contribution in [0.5, 0.6) is 0 Å². The summed E-state index contributed by atoms with van der Waals surface area (Å²) in [4.78, 5) is 23.7. The second kappa shape index (κ2) is 6.28. The average Bonchev–Trinajstić information content (AvgIpc) is 3.04. The summed E-state index contributed by atoms with van der Waals surface area (Å²) in [7, 11) is 0. The maximum atomic E-state index is 14.1. The number of carbonyl (C=O) groups excluding carboxylic acids is 1. The van der Waals surface area contributed by atoms with Crippen molar-refractivity contribution in [3.63, 3.8) is 0 Å². The molecule has 1 aromatic carbocycles. The molecule has 0 spiro atoms. The Hall–Kier alpha value is -2.95. The van der Waals surface area contributed by atoms with Gasteiger partial charge in [-0.1, -0.05) is 30.4 Å². The first kappa shape index (κ1) is 15.9. The van der Waals surface area contributed by atoms with Crippen LogP contribution in [0.15, 0.2) is 47.4 Å². The third kappa shape index (κ3) is 2.69. The van der Waals surface area contributed by atoms with Crippen molar-refractivity contribution in [3.05, 3.63) is 75.5 Å². The van der Waals surface area contributed by atoms with Gasteiger partial charge < -0.3 is 10.3 Å². The van der Waals surface area contributed by atoms with Gasteiger partial charge in [0.15, 0.2) is 0 Å². The summed E-state index contributed by atoms with van der Waals surface area (Å²) in [5, 5.41) is 0. The Morgan fingerprint density at radius 3 is 2.88 bits per heavy atom. The molecule has 0 aliphatic heterocycles. The van der Waals surface area contributed by atoms with Gasteiger partial charge in [0.1, 0.15) is 5.82 Å². The maximum absolute atomic E-state index is 14.1. The van der Waals surface area contributed by atoms with Crippen LogP contribution >= 0.6 is 0 Å². The van der Waals surface area contributed by atoms with Crippen LogP contribution in [0.1, 0.15) is 28.4 Å². The van der Waals surface area contributed by atoms with E-state index in [1.54, 1.807) is 16.8 Å². The van der Waals surface area contributed by atoms with E-state index in [0.29, 0.717) is 24.1 Å². The quantitative estimate of drug-likeness (QED) is 0.879. The van der Waals surface area contributed by atoms with E-state index in [4.69, 9.17) is 5.73 Å². The normalized spacial score (nSPS) is 12.8. The fourth-order valence-corrected chi connectivity index (χ4v) is 2.88. The molecule has 0 atom stereocenters. The molecular weight excluding hydrogens is 307 g/mol. The van der Waals surface area contributed by atoms with Crippen LogP contribution in [0.25, 0.3) is 17.2 Å². The number of allylic oxidation sites excluding steroid dienone is 3. The van der Waals surface area contributed by atoms with Gasteiger partial charge in [0.25, 0.3) is 11.5 Å². The number of rotatable bonds is 4. The number of nitrogens with two attached hydrogens (primary N) is 1. The standard InChI is InChI=1S/C19H17FN2O2/c1-2-3-9-22-11-16(13-5-4-6-14(13)19(22)24)12-7-8-15(18(21)23)17(20)10-12/h2-5,7-8,10-11H,6,9H2,1H3,(H2,21,23)/b3-2+. The van der Waals surface area contributed by atoms with Gasteiger partial charge in [-0.2, -0.15) is 0 Å². The minimum absolute atomic E-state index is 0.0360. The van der Waals surface area contributed by atoms with E-state index < -0.39 is 11.7 Å². The van der Waals surface area contributed by atoms with Crippen molar-refractivity contribution in [1.29, 1.82) is 0 Å². The molecule has 0 saturated heterocycles. The fourth-order valence-electron chi connectivity index (χ4n) is 2.88. The van der Waals surface area contributed by atoms with E-state index in [2.05, 4.69) is 0 Å². The molecule has 122 valence electrons. The molecule has 5 heteroatoms. The van der Waals surface area contributed by atoms with E-state index in [0.717, 1.165) is 11.1 Å². The van der Waals surface area contributed by atoms with E-state index in [9.17, 15) is 14.0 Å². The van der Waals surface area contributed by atoms with Crippen LogP contribution in [0.4, 0.5) is 4.39 Å². The van der Waals surface area contributed by atoms with Gasteiger partial charge in [0.05, 0.1) is 5.56 Å². The van der Waals surface area contributed by atoms with Gasteiger partial charge in [0, 0.05) is 23.9 Å². The third-order valence-electron chi connectivity index (χ3n) is 4.11. The Labute approximate surface area is 138 Å². The summed E-state index contributed by atoms with van der Waals surface area (Å²) in [6.45, 7) is 2.34. The van der Waals surface area contributed by atoms with Crippen molar-refractivity contribution in [1.82, 2.24) is 4.57 Å². The Balaban J connectivity index is 2.19. The van der Waals surface area contributed by atoms with Gasteiger partial charge in [-0.3, -0.25) is 9.59 Å². The van der Waals surface area contributed by atoms with Gasteiger partial charge in [-0.25, -0.2) is 4.39 Å². The minimum Gasteiger partial charge on any atom is -0.366 e. The molecule has 24 heavy (non-hydrogen) atoms. The van der Waals surface area contributed by atoms with Crippen LogP contribution in [0, 0.1) is 5.82 Å². The topological polar surface area (TPSA) is 65.1 Å². The van der Waals surface area contributed by atoms with Crippen molar-refractivity contribution in [2.75, 3.05) is 0 Å². The summed E-state index contributed by atoms with van der Waals surface area (Å²) in [6, 6.07) is 4.31. The molecule has 1 heterocycles. The Bertz CT molecular complexity index is 939. The molecule has 1 amide bonds. The number of fused-ring (bicyclic) bond motifs is 1. The number of benzene rings is 1. The molecule has 0 bridgehead atoms. The van der Waals surface area contributed by atoms with E-state index in [-0.39, 0.29) is 11.1 Å². The number of halogens is 1. The molecular formula is C19H17FN2O2. The molecule has 1 aromatic heterocycles. The first-order chi connectivity index (χ1) is 11.5. The second-order valence-corrected chi connectivity index (χ2v) is 5.63. The predicted molar refractivity (Wildman–Crippen MR) is 92.2 cm³/mol. The molecule has 1 aliphatic carbocycles. The Kier molecular flexibility index (Phi) is 4.16. The lowest BCUT2D eigenvalue weighted by atomic mass is 9.98. The molecule has 3 rings (SSSR count). The highest BCUT2D eigenvalue weighted by molar-refractivity contribution is 5.93. The number of aromatic nitrogens is 1. The third-order valence-corrected chi connectivity index (χ3v) is 4.11. The van der Waals surface area contributed by atoms with Crippen LogP contribution in [-0.2, 0) is 13.0 Å². The molecule has 2 aromatic rings. The van der Waals surface area contributed by atoms with Crippen molar-refractivity contribution in [2.45, 2.75) is 19.9 Å². The second-order valence-electron chi connectivity index (χ2n) is 5.63. The maximum Gasteiger partial charge on any atom is 0.254 e. The Morgan fingerprint density at radius 1 is 1.42 bits per heavy atom. The summed E-state index contributed by atoms with van der Waals surface area (Å²) < 4.78 is 15.7. The van der Waals surface area contributed by atoms with Crippen LogP contribution in [0.3, 0.4) is 0 Å². The van der Waals surface area contributed by atoms with Crippen LogP contribution in [-0.4, -0.2) is 10.5 Å². The van der Waals surface area contributed by atoms with Gasteiger partial charge in [0.2, 0.25) is 0 Å². The van der Waals surface area contributed by atoms with E-state index >= 15 is 0 Å². The Morgan fingerprint density at radius 2 is 2.21 bits per heavy atom. The first-order valence-corrected chi connectivity index (χ1v) is 7.66. The summed E-state index contributed by atoms with van der Waals surface area (Å²) in [5.41, 5.74) is 7.85. The smallest absolute Gasteiger partial charge is 0.254 e. The molecule has 0 radical (unpaired) electrons. The average molecular weight is 324 g/mol. The number of pyridine rings is 1. The largest absolute Gasteiger partial charge is 0.366 e. The lowest BCUT2D eigenvalue weighted by Crippen LogP contribution is -2.23. The monoisotopic (exact) mass is 324 g/mol. The highest BCUT2D eigenvalue weighted by Crippen LogP contribution is 2.30. The number of hydrogen-bond donors (Lipinski definition) is 1. The fraction of sp³-hybridized carbons (Fsp3) is 0.158. The number of carbonyl (C=O) groups is 1. The number of hydrogen-bond acceptors (Lipinski definition) is 2. The molecule has 2 N–H and O–H groups in total. The minimum atomic E-state index is -0.803. The van der Waals surface area contributed by atoms with Crippen LogP contribution in [0.2, 0.25) is 0 Å². The molecule has 0 unspecified atom stereocenters. The number of primary amides is 1. The SMILES string of the molecule is C/C=C/Cn1cc(-c2ccc(C(N)=O)c(F)c2)c2c(c1=O)CC=C2. The lowest BCUT2D eigenvalue weighted by Gasteiger charge is -2.13. The molecule has 0 fully saturated rings. The van der Waals surface area contributed by atoms with Crippen molar-refractivity contribution < 1.29 is 9.18 Å². The molecule has 1 aliphatic rings. The van der Waals surface area contributed by atoms with Gasteiger partial charge in [-0.05, 0) is 36.6 Å². The zero-order valence-electron chi connectivity index (χ0n) is 13.3. The summed E-state index contributed by atoms with van der Waals surface area (Å²) in [5.74, 6) is -1.47. The highest BCUT2D eigenvalue weighted by atomic mass is 19.1. The van der Waals surface area contributed by atoms with Gasteiger partial charge >= 0.3 is 0 Å². The zero-order chi connectivity index (χ0) is 17.3. The molecule has 4 nitrogen and oxygen atoms in total. The summed E-state index contributed by atoms with van der Waals surface area (Å²) in [6.07, 6.45) is 9.86. The van der Waals surface area contributed by atoms with Crippen LogP contribution < -0.4 is 11.3 Å². The van der Waals surface area contributed by atoms with Gasteiger partial charge in [-0.15, -0.1) is 0 Å². The number of amides is 1. The van der Waals surface area contributed by atoms with Crippen molar-refractivity contribution in [2.24, 2.45) is 5.73 Å². The first-order valence-electron chi connectivity index (χ1n) is 7.66. The molecule has 0 saturated carbocycles. The number of nitrogens with zero attached hydrogens (tertiary/aromatic N) is 1. The predicted octanol–water partition coefficient (Wildman–Crippen LogP) is 2.90. The van der Waals surface area contributed by atoms with E-state index in [1.165, 1.54) is 12.1 Å².